The number of carboxylic acids is 1. The molecule has 160 valence electrons. The molecule has 0 radical (unpaired) electrons. The molecule has 5 nitrogen and oxygen atoms in total. The fraction of sp³-hybridized carbons (Fsp3) is 0. The van der Waals surface area contributed by atoms with Gasteiger partial charge in [-0.15, -0.1) is 0 Å². The monoisotopic (exact) mass is 432 g/mol. The largest absolute Gasteiger partial charge is 0.478 e. The number of para-hydroxylation sites is 4. The number of carbonyl (C=O) groups is 2. The molecule has 0 bridgehead atoms. The molecular weight excluding hydrogens is 412 g/mol. The summed E-state index contributed by atoms with van der Waals surface area (Å²) in [6, 6.07) is 33.3. The molecule has 0 aliphatic carbocycles. The van der Waals surface area contributed by atoms with Gasteiger partial charge in [-0.25, -0.2) is 4.79 Å². The van der Waals surface area contributed by atoms with Crippen LogP contribution in [0.4, 0.5) is 11.4 Å². The topological polar surface area (TPSA) is 62.5 Å². The number of aromatic carboxylic acids is 1. The van der Waals surface area contributed by atoms with Crippen LogP contribution in [-0.2, 0) is 0 Å². The summed E-state index contributed by atoms with van der Waals surface area (Å²) >= 11 is 0. The van der Waals surface area contributed by atoms with E-state index >= 15 is 0 Å². The number of hydrogen-bond acceptors (Lipinski definition) is 2. The van der Waals surface area contributed by atoms with Crippen molar-refractivity contribution >= 4 is 34.2 Å². The van der Waals surface area contributed by atoms with Crippen molar-refractivity contribution in [1.29, 1.82) is 0 Å². The lowest BCUT2D eigenvalue weighted by Crippen LogP contribution is -2.25. The van der Waals surface area contributed by atoms with E-state index in [0.29, 0.717) is 11.3 Å². The predicted octanol–water partition coefficient (Wildman–Crippen LogP) is 6.31. The molecular formula is C28H20N2O3. The van der Waals surface area contributed by atoms with Crippen LogP contribution >= 0.6 is 0 Å². The summed E-state index contributed by atoms with van der Waals surface area (Å²) in [5, 5.41) is 10.5. The molecule has 5 rings (SSSR count). The molecule has 4 aromatic carbocycles. The first kappa shape index (κ1) is 20.3. The Balaban J connectivity index is 1.72. The molecule has 1 heterocycles. The van der Waals surface area contributed by atoms with Gasteiger partial charge in [0.15, 0.2) is 0 Å². The van der Waals surface area contributed by atoms with Gasteiger partial charge in [0.05, 0.1) is 22.3 Å². The molecule has 5 aromatic rings. The van der Waals surface area contributed by atoms with Gasteiger partial charge >= 0.3 is 5.97 Å². The molecule has 1 aromatic heterocycles. The lowest BCUT2D eigenvalue weighted by atomic mass is 10.1. The maximum Gasteiger partial charge on any atom is 0.337 e. The lowest BCUT2D eigenvalue weighted by molar-refractivity contribution is 0.0696. The Kier molecular flexibility index (Phi) is 5.21. The zero-order valence-corrected chi connectivity index (χ0v) is 17.6. The van der Waals surface area contributed by atoms with Gasteiger partial charge in [-0.1, -0.05) is 66.7 Å². The minimum atomic E-state index is -1.02. The van der Waals surface area contributed by atoms with Crippen LogP contribution in [-0.4, -0.2) is 21.6 Å². The zero-order valence-electron chi connectivity index (χ0n) is 17.6. The maximum atomic E-state index is 14.0. The molecule has 0 fully saturated rings. The van der Waals surface area contributed by atoms with Crippen molar-refractivity contribution < 1.29 is 14.7 Å². The van der Waals surface area contributed by atoms with Crippen LogP contribution in [0.5, 0.6) is 0 Å². The summed E-state index contributed by atoms with van der Waals surface area (Å²) in [6.07, 6.45) is 1.73. The second kappa shape index (κ2) is 8.48. The highest BCUT2D eigenvalue weighted by Gasteiger charge is 2.25. The second-order valence-electron chi connectivity index (χ2n) is 7.56. The van der Waals surface area contributed by atoms with E-state index in [9.17, 15) is 14.7 Å². The van der Waals surface area contributed by atoms with Crippen LogP contribution in [0, 0.1) is 0 Å². The second-order valence-corrected chi connectivity index (χ2v) is 7.56. The number of hydrogen-bond donors (Lipinski definition) is 1. The molecule has 0 saturated carbocycles. The fourth-order valence-electron chi connectivity index (χ4n) is 4.07. The Morgan fingerprint density at radius 3 is 1.82 bits per heavy atom. The molecule has 0 atom stereocenters. The van der Waals surface area contributed by atoms with E-state index in [2.05, 4.69) is 0 Å². The standard InChI is InChI=1S/C28H20N2O3/c31-27(30(20-11-3-1-4-12-20)21-13-5-2-6-14-21)24-19-29(25-17-9-7-15-22(24)25)26-18-10-8-16-23(26)28(32)33/h1-19H,(H,32,33). The van der Waals surface area contributed by atoms with Crippen molar-refractivity contribution in [3.8, 4) is 5.69 Å². The molecule has 1 N–H and O–H groups in total. The lowest BCUT2D eigenvalue weighted by Gasteiger charge is -2.23. The summed E-state index contributed by atoms with van der Waals surface area (Å²) in [7, 11) is 0. The summed E-state index contributed by atoms with van der Waals surface area (Å²) < 4.78 is 1.78. The van der Waals surface area contributed by atoms with Gasteiger partial charge in [0, 0.05) is 23.0 Å². The highest BCUT2D eigenvalue weighted by atomic mass is 16.4. The molecule has 0 spiro atoms. The van der Waals surface area contributed by atoms with E-state index in [-0.39, 0.29) is 11.5 Å². The molecule has 0 unspecified atom stereocenters. The molecule has 0 aliphatic rings. The third-order valence-electron chi connectivity index (χ3n) is 5.57. The van der Waals surface area contributed by atoms with E-state index in [1.807, 2.05) is 84.9 Å². The van der Waals surface area contributed by atoms with Crippen molar-refractivity contribution in [2.24, 2.45) is 0 Å². The van der Waals surface area contributed by atoms with Gasteiger partial charge in [0.1, 0.15) is 0 Å². The van der Waals surface area contributed by atoms with Crippen LogP contribution in [0.25, 0.3) is 16.6 Å². The van der Waals surface area contributed by atoms with Gasteiger partial charge < -0.3 is 9.67 Å². The van der Waals surface area contributed by atoms with Gasteiger partial charge in [0.25, 0.3) is 5.91 Å². The van der Waals surface area contributed by atoms with Crippen LogP contribution in [0.2, 0.25) is 0 Å². The van der Waals surface area contributed by atoms with Crippen LogP contribution in [0.15, 0.2) is 115 Å². The van der Waals surface area contributed by atoms with Gasteiger partial charge in [-0.2, -0.15) is 0 Å². The van der Waals surface area contributed by atoms with E-state index in [0.717, 1.165) is 22.3 Å². The summed E-state index contributed by atoms with van der Waals surface area (Å²) in [6.45, 7) is 0. The van der Waals surface area contributed by atoms with Crippen molar-refractivity contribution in [2.45, 2.75) is 0 Å². The number of anilines is 2. The third kappa shape index (κ3) is 3.66. The van der Waals surface area contributed by atoms with Gasteiger partial charge in [0.2, 0.25) is 0 Å². The zero-order chi connectivity index (χ0) is 22.8. The predicted molar refractivity (Wildman–Crippen MR) is 130 cm³/mol. The van der Waals surface area contributed by atoms with Crippen LogP contribution in [0.3, 0.4) is 0 Å². The van der Waals surface area contributed by atoms with Gasteiger partial charge in [-0.05, 0) is 42.5 Å². The Labute approximate surface area is 190 Å². The Morgan fingerprint density at radius 2 is 1.18 bits per heavy atom. The molecule has 33 heavy (non-hydrogen) atoms. The maximum absolute atomic E-state index is 14.0. The van der Waals surface area contributed by atoms with E-state index in [1.165, 1.54) is 0 Å². The normalized spacial score (nSPS) is 10.8. The molecule has 0 saturated heterocycles. The highest BCUT2D eigenvalue weighted by Crippen LogP contribution is 2.32. The van der Waals surface area contributed by atoms with Crippen molar-refractivity contribution in [3.05, 3.63) is 127 Å². The van der Waals surface area contributed by atoms with E-state index in [1.54, 1.807) is 39.9 Å². The number of rotatable bonds is 5. The Bertz CT molecular complexity index is 1420. The first-order chi connectivity index (χ1) is 16.1. The highest BCUT2D eigenvalue weighted by molar-refractivity contribution is 6.17. The minimum Gasteiger partial charge on any atom is -0.478 e. The smallest absolute Gasteiger partial charge is 0.337 e. The number of amides is 1. The number of benzene rings is 4. The summed E-state index contributed by atoms with van der Waals surface area (Å²) in [4.78, 5) is 27.6. The fourth-order valence-corrected chi connectivity index (χ4v) is 4.07. The minimum absolute atomic E-state index is 0.167. The number of carboxylic acid groups (broad SMARTS) is 1. The van der Waals surface area contributed by atoms with Crippen molar-refractivity contribution in [2.75, 3.05) is 4.90 Å². The number of nitrogens with zero attached hydrogens (tertiary/aromatic N) is 2. The Morgan fingerprint density at radius 1 is 0.636 bits per heavy atom. The van der Waals surface area contributed by atoms with E-state index in [4.69, 9.17) is 0 Å². The summed E-state index contributed by atoms with van der Waals surface area (Å²) in [5.74, 6) is -1.22. The van der Waals surface area contributed by atoms with Crippen LogP contribution in [0.1, 0.15) is 20.7 Å². The Hall–Kier alpha value is -4.64. The third-order valence-corrected chi connectivity index (χ3v) is 5.57. The quantitative estimate of drug-likeness (QED) is 0.354. The first-order valence-corrected chi connectivity index (χ1v) is 10.5. The van der Waals surface area contributed by atoms with E-state index < -0.39 is 5.97 Å². The molecule has 5 heteroatoms. The van der Waals surface area contributed by atoms with Crippen LogP contribution < -0.4 is 4.90 Å². The number of fused-ring (bicyclic) bond motifs is 1. The molecule has 1 amide bonds. The van der Waals surface area contributed by atoms with Crippen molar-refractivity contribution in [3.63, 3.8) is 0 Å². The SMILES string of the molecule is O=C(O)c1ccccc1-n1cc(C(=O)N(c2ccccc2)c2ccccc2)c2ccccc21. The number of aromatic nitrogens is 1. The first-order valence-electron chi connectivity index (χ1n) is 10.5. The summed E-state index contributed by atoms with van der Waals surface area (Å²) in [5.41, 5.74) is 3.41. The average molecular weight is 432 g/mol. The average Bonchev–Trinajstić information content (AvgIpc) is 3.25. The number of carbonyl (C=O) groups excluding carboxylic acids is 1. The molecule has 0 aliphatic heterocycles. The van der Waals surface area contributed by atoms with Gasteiger partial charge in [-0.3, -0.25) is 9.69 Å². The van der Waals surface area contributed by atoms with Crippen molar-refractivity contribution in [1.82, 2.24) is 4.57 Å².